The van der Waals surface area contributed by atoms with Crippen LogP contribution in [-0.4, -0.2) is 35.7 Å². The van der Waals surface area contributed by atoms with E-state index in [-0.39, 0.29) is 30.1 Å². The number of hydrogen-bond donors (Lipinski definition) is 1. The average molecular weight is 326 g/mol. The summed E-state index contributed by atoms with van der Waals surface area (Å²) in [5.74, 6) is -2.22. The Morgan fingerprint density at radius 2 is 1.79 bits per heavy atom. The number of nitrogens with one attached hydrogen (secondary N) is 1. The number of fused-ring (bicyclic) bond motifs is 1. The number of rotatable bonds is 4. The Bertz CT molecular complexity index is 831. The highest BCUT2D eigenvalue weighted by atomic mass is 19.1. The van der Waals surface area contributed by atoms with Crippen LogP contribution in [0.2, 0.25) is 0 Å². The van der Waals surface area contributed by atoms with Crippen molar-refractivity contribution in [1.82, 2.24) is 10.2 Å². The fourth-order valence-corrected chi connectivity index (χ4v) is 2.58. The van der Waals surface area contributed by atoms with Gasteiger partial charge >= 0.3 is 0 Å². The van der Waals surface area contributed by atoms with Gasteiger partial charge in [0.15, 0.2) is 0 Å². The summed E-state index contributed by atoms with van der Waals surface area (Å²) in [6.45, 7) is 2.01. The van der Waals surface area contributed by atoms with E-state index >= 15 is 0 Å². The van der Waals surface area contributed by atoms with E-state index in [4.69, 9.17) is 0 Å². The quantitative estimate of drug-likeness (QED) is 0.876. The number of aryl methyl sites for hydroxylation is 1. The second kappa shape index (κ2) is 6.23. The van der Waals surface area contributed by atoms with Crippen molar-refractivity contribution in [3.8, 4) is 0 Å². The lowest BCUT2D eigenvalue weighted by molar-refractivity contribution is 0.0648. The molecular weight excluding hydrogens is 311 g/mol. The van der Waals surface area contributed by atoms with Crippen molar-refractivity contribution < 1.29 is 18.8 Å². The topological polar surface area (TPSA) is 66.5 Å². The molecule has 0 bridgehead atoms. The Morgan fingerprint density at radius 1 is 1.08 bits per heavy atom. The van der Waals surface area contributed by atoms with Crippen molar-refractivity contribution in [2.75, 3.05) is 13.1 Å². The molecule has 1 heterocycles. The fraction of sp³-hybridized carbons (Fsp3) is 0.167. The Labute approximate surface area is 138 Å². The average Bonchev–Trinajstić information content (AvgIpc) is 2.81. The van der Waals surface area contributed by atoms with E-state index in [9.17, 15) is 18.8 Å². The minimum Gasteiger partial charge on any atom is -0.350 e. The molecule has 3 rings (SSSR count). The molecule has 5 nitrogen and oxygen atoms in total. The minimum absolute atomic E-state index is 0.0105. The maximum atomic E-state index is 13.7. The number of imide groups is 1. The molecule has 0 unspecified atom stereocenters. The van der Waals surface area contributed by atoms with Crippen LogP contribution in [0.25, 0.3) is 0 Å². The first-order valence-electron chi connectivity index (χ1n) is 7.48. The number of hydrogen-bond acceptors (Lipinski definition) is 3. The van der Waals surface area contributed by atoms with Gasteiger partial charge in [-0.3, -0.25) is 19.3 Å². The Morgan fingerprint density at radius 3 is 2.46 bits per heavy atom. The summed E-state index contributed by atoms with van der Waals surface area (Å²) in [5.41, 5.74) is 1.39. The van der Waals surface area contributed by atoms with Crippen LogP contribution in [0.1, 0.15) is 36.6 Å². The molecule has 1 aliphatic rings. The van der Waals surface area contributed by atoms with Crippen LogP contribution in [0.4, 0.5) is 4.39 Å². The van der Waals surface area contributed by atoms with Gasteiger partial charge in [-0.15, -0.1) is 0 Å². The number of carbonyl (C=O) groups excluding carboxylic acids is 3. The minimum atomic E-state index is -0.711. The summed E-state index contributed by atoms with van der Waals surface area (Å²) in [6.07, 6.45) is 0. The summed E-state index contributed by atoms with van der Waals surface area (Å²) in [6, 6.07) is 11.0. The van der Waals surface area contributed by atoms with Gasteiger partial charge in [0.05, 0.1) is 11.1 Å². The molecule has 0 atom stereocenters. The molecule has 0 spiro atoms. The number of benzene rings is 2. The van der Waals surface area contributed by atoms with Crippen molar-refractivity contribution >= 4 is 17.7 Å². The highest BCUT2D eigenvalue weighted by Gasteiger charge is 2.37. The first-order chi connectivity index (χ1) is 11.5. The van der Waals surface area contributed by atoms with Gasteiger partial charge in [-0.1, -0.05) is 23.8 Å². The van der Waals surface area contributed by atoms with Gasteiger partial charge < -0.3 is 5.32 Å². The molecule has 6 heteroatoms. The molecule has 0 saturated heterocycles. The Hall–Kier alpha value is -3.02. The lowest BCUT2D eigenvalue weighted by Gasteiger charge is -2.14. The zero-order valence-electron chi connectivity index (χ0n) is 13.0. The van der Waals surface area contributed by atoms with Gasteiger partial charge in [0.2, 0.25) is 0 Å². The molecule has 24 heavy (non-hydrogen) atoms. The van der Waals surface area contributed by atoms with Crippen molar-refractivity contribution in [2.45, 2.75) is 6.92 Å². The monoisotopic (exact) mass is 326 g/mol. The second-order valence-electron chi connectivity index (χ2n) is 5.55. The lowest BCUT2D eigenvalue weighted by atomic mass is 10.1. The molecule has 1 N–H and O–H groups in total. The number of carbonyl (C=O) groups is 3. The predicted molar refractivity (Wildman–Crippen MR) is 85.3 cm³/mol. The van der Waals surface area contributed by atoms with E-state index in [1.54, 1.807) is 12.1 Å². The second-order valence-corrected chi connectivity index (χ2v) is 5.55. The van der Waals surface area contributed by atoms with Crippen LogP contribution in [0.3, 0.4) is 0 Å². The largest absolute Gasteiger partial charge is 0.350 e. The number of halogens is 1. The maximum absolute atomic E-state index is 13.7. The van der Waals surface area contributed by atoms with Gasteiger partial charge in [0.25, 0.3) is 17.7 Å². The van der Waals surface area contributed by atoms with E-state index in [1.165, 1.54) is 12.1 Å². The summed E-state index contributed by atoms with van der Waals surface area (Å²) < 4.78 is 13.7. The normalized spacial score (nSPS) is 13.2. The van der Waals surface area contributed by atoms with Gasteiger partial charge in [-0.2, -0.15) is 0 Å². The molecular formula is C18H15FN2O3. The molecule has 0 radical (unpaired) electrons. The van der Waals surface area contributed by atoms with Crippen LogP contribution in [-0.2, 0) is 0 Å². The van der Waals surface area contributed by atoms with E-state index in [0.717, 1.165) is 16.5 Å². The molecule has 122 valence electrons. The first-order valence-corrected chi connectivity index (χ1v) is 7.48. The third-order valence-corrected chi connectivity index (χ3v) is 3.88. The summed E-state index contributed by atoms with van der Waals surface area (Å²) in [7, 11) is 0. The van der Waals surface area contributed by atoms with Gasteiger partial charge in [-0.05, 0) is 31.2 Å². The first kappa shape index (κ1) is 15.9. The van der Waals surface area contributed by atoms with Crippen LogP contribution >= 0.6 is 0 Å². The molecule has 2 aromatic carbocycles. The van der Waals surface area contributed by atoms with Crippen LogP contribution in [0.15, 0.2) is 42.5 Å². The lowest BCUT2D eigenvalue weighted by Crippen LogP contribution is -2.38. The maximum Gasteiger partial charge on any atom is 0.264 e. The molecule has 0 saturated carbocycles. The van der Waals surface area contributed by atoms with E-state index in [2.05, 4.69) is 5.32 Å². The van der Waals surface area contributed by atoms with E-state index in [0.29, 0.717) is 5.56 Å². The smallest absolute Gasteiger partial charge is 0.264 e. The van der Waals surface area contributed by atoms with Crippen LogP contribution in [0, 0.1) is 12.7 Å². The van der Waals surface area contributed by atoms with Gasteiger partial charge in [0.1, 0.15) is 5.82 Å². The standard InChI is InChI=1S/C18H15FN2O3/c1-11-5-7-12(8-6-11)16(22)20-9-10-21-17(23)13-3-2-4-14(19)15(13)18(21)24/h2-8H,9-10H2,1H3,(H,20,22). The molecule has 1 aliphatic heterocycles. The molecule has 2 aromatic rings. The molecule has 0 aliphatic carbocycles. The van der Waals surface area contributed by atoms with Gasteiger partial charge in [-0.25, -0.2) is 4.39 Å². The summed E-state index contributed by atoms with van der Waals surface area (Å²) in [4.78, 5) is 37.3. The third-order valence-electron chi connectivity index (χ3n) is 3.88. The third kappa shape index (κ3) is 2.78. The number of nitrogens with zero attached hydrogens (tertiary/aromatic N) is 1. The number of amides is 3. The van der Waals surface area contributed by atoms with E-state index in [1.807, 2.05) is 19.1 Å². The van der Waals surface area contributed by atoms with Crippen molar-refractivity contribution in [1.29, 1.82) is 0 Å². The zero-order chi connectivity index (χ0) is 17.3. The molecule has 3 amide bonds. The Balaban J connectivity index is 1.63. The van der Waals surface area contributed by atoms with Gasteiger partial charge in [0, 0.05) is 18.7 Å². The van der Waals surface area contributed by atoms with Crippen molar-refractivity contribution in [2.24, 2.45) is 0 Å². The SMILES string of the molecule is Cc1ccc(C(=O)NCCN2C(=O)c3cccc(F)c3C2=O)cc1. The highest BCUT2D eigenvalue weighted by molar-refractivity contribution is 6.21. The predicted octanol–water partition coefficient (Wildman–Crippen LogP) is 2.16. The highest BCUT2D eigenvalue weighted by Crippen LogP contribution is 2.24. The van der Waals surface area contributed by atoms with Crippen LogP contribution in [0.5, 0.6) is 0 Å². The van der Waals surface area contributed by atoms with E-state index < -0.39 is 17.6 Å². The molecule has 0 aromatic heterocycles. The van der Waals surface area contributed by atoms with Crippen LogP contribution < -0.4 is 5.32 Å². The summed E-state index contributed by atoms with van der Waals surface area (Å²) >= 11 is 0. The zero-order valence-corrected chi connectivity index (χ0v) is 13.0. The van der Waals surface area contributed by atoms with Crippen molar-refractivity contribution in [3.63, 3.8) is 0 Å². The Kier molecular flexibility index (Phi) is 4.12. The molecule has 0 fully saturated rings. The van der Waals surface area contributed by atoms with Crippen molar-refractivity contribution in [3.05, 3.63) is 70.5 Å². The fourth-order valence-electron chi connectivity index (χ4n) is 2.58. The summed E-state index contributed by atoms with van der Waals surface area (Å²) in [5, 5.41) is 2.65.